The monoisotopic (exact) mass is 298 g/mol. The van der Waals surface area contributed by atoms with Gasteiger partial charge in [-0.25, -0.2) is 0 Å². The molecule has 0 amide bonds. The van der Waals surface area contributed by atoms with Crippen LogP contribution in [0.1, 0.15) is 37.4 Å². The van der Waals surface area contributed by atoms with E-state index < -0.39 is 0 Å². The predicted octanol–water partition coefficient (Wildman–Crippen LogP) is 2.25. The summed E-state index contributed by atoms with van der Waals surface area (Å²) >= 11 is 0. The van der Waals surface area contributed by atoms with Crippen LogP contribution in [0.4, 0.5) is 0 Å². The lowest BCUT2D eigenvalue weighted by molar-refractivity contribution is 0.147. The predicted molar refractivity (Wildman–Crippen MR) is 84.5 cm³/mol. The highest BCUT2D eigenvalue weighted by Crippen LogP contribution is 2.23. The summed E-state index contributed by atoms with van der Waals surface area (Å²) in [5.74, 6) is 0.872. The number of halogens is 1. The number of hydrogen-bond acceptors (Lipinski definition) is 3. The van der Waals surface area contributed by atoms with E-state index in [9.17, 15) is 0 Å². The highest BCUT2D eigenvalue weighted by atomic mass is 35.5. The summed E-state index contributed by atoms with van der Waals surface area (Å²) < 4.78 is 2.18. The quantitative estimate of drug-likeness (QED) is 0.929. The van der Waals surface area contributed by atoms with E-state index in [2.05, 4.69) is 39.2 Å². The van der Waals surface area contributed by atoms with Crippen LogP contribution in [-0.2, 0) is 0 Å². The zero-order valence-corrected chi connectivity index (χ0v) is 13.2. The molecule has 20 heavy (non-hydrogen) atoms. The van der Waals surface area contributed by atoms with Crippen LogP contribution in [0.5, 0.6) is 0 Å². The van der Waals surface area contributed by atoms with Crippen molar-refractivity contribution in [1.82, 2.24) is 20.0 Å². The third-order valence-electron chi connectivity index (χ3n) is 4.59. The number of hydrogen-bond donors (Lipinski definition) is 1. The topological polar surface area (TPSA) is 33.1 Å². The standard InChI is InChI=1S/C15H26N4.ClH/c1-13-4-10-19(17-13)15-5-8-18(9-6-15)12-14-3-2-7-16-11-14;/h4,10,14-16H,2-3,5-9,11-12H2,1H3;1H. The lowest BCUT2D eigenvalue weighted by atomic mass is 9.97. The third kappa shape index (κ3) is 3.96. The van der Waals surface area contributed by atoms with Gasteiger partial charge in [-0.2, -0.15) is 5.10 Å². The molecule has 2 aliphatic heterocycles. The average Bonchev–Trinajstić information content (AvgIpc) is 2.87. The molecule has 0 spiro atoms. The molecule has 114 valence electrons. The van der Waals surface area contributed by atoms with Crippen LogP contribution in [-0.4, -0.2) is 47.4 Å². The van der Waals surface area contributed by atoms with E-state index in [0.717, 1.165) is 11.6 Å². The first-order chi connectivity index (χ1) is 9.31. The van der Waals surface area contributed by atoms with Crippen molar-refractivity contribution in [2.24, 2.45) is 5.92 Å². The fraction of sp³-hybridized carbons (Fsp3) is 0.800. The number of piperidine rings is 2. The number of nitrogens with zero attached hydrogens (tertiary/aromatic N) is 3. The molecular formula is C15H27ClN4. The fourth-order valence-corrected chi connectivity index (χ4v) is 3.45. The van der Waals surface area contributed by atoms with Gasteiger partial charge >= 0.3 is 0 Å². The molecule has 1 aromatic heterocycles. The zero-order valence-electron chi connectivity index (χ0n) is 12.4. The van der Waals surface area contributed by atoms with E-state index >= 15 is 0 Å². The van der Waals surface area contributed by atoms with Gasteiger partial charge in [0.2, 0.25) is 0 Å². The van der Waals surface area contributed by atoms with Crippen LogP contribution in [0.2, 0.25) is 0 Å². The molecule has 1 aromatic rings. The molecule has 5 heteroatoms. The Morgan fingerprint density at radius 2 is 2.10 bits per heavy atom. The number of aryl methyl sites for hydroxylation is 1. The molecule has 0 aliphatic carbocycles. The number of nitrogens with one attached hydrogen (secondary N) is 1. The molecule has 4 nitrogen and oxygen atoms in total. The smallest absolute Gasteiger partial charge is 0.0593 e. The van der Waals surface area contributed by atoms with Gasteiger partial charge < -0.3 is 10.2 Å². The number of aromatic nitrogens is 2. The third-order valence-corrected chi connectivity index (χ3v) is 4.59. The minimum atomic E-state index is 0. The zero-order chi connectivity index (χ0) is 13.1. The van der Waals surface area contributed by atoms with Crippen molar-refractivity contribution in [3.63, 3.8) is 0 Å². The van der Waals surface area contributed by atoms with E-state index in [1.54, 1.807) is 0 Å². The van der Waals surface area contributed by atoms with Crippen molar-refractivity contribution in [3.8, 4) is 0 Å². The van der Waals surface area contributed by atoms with E-state index in [1.807, 2.05) is 0 Å². The molecule has 0 radical (unpaired) electrons. The largest absolute Gasteiger partial charge is 0.316 e. The highest BCUT2D eigenvalue weighted by molar-refractivity contribution is 5.85. The molecule has 1 N–H and O–H groups in total. The van der Waals surface area contributed by atoms with Gasteiger partial charge in [-0.15, -0.1) is 12.4 Å². The number of likely N-dealkylation sites (tertiary alicyclic amines) is 1. The molecule has 0 bridgehead atoms. The number of rotatable bonds is 3. The molecule has 1 unspecified atom stereocenters. The minimum Gasteiger partial charge on any atom is -0.316 e. The summed E-state index contributed by atoms with van der Waals surface area (Å²) in [5, 5.41) is 8.08. The maximum absolute atomic E-state index is 4.56. The van der Waals surface area contributed by atoms with E-state index in [4.69, 9.17) is 0 Å². The molecule has 3 rings (SSSR count). The molecule has 2 saturated heterocycles. The van der Waals surface area contributed by atoms with E-state index in [-0.39, 0.29) is 12.4 Å². The lowest BCUT2D eigenvalue weighted by Crippen LogP contribution is -2.42. The Hall–Kier alpha value is -0.580. The van der Waals surface area contributed by atoms with Gasteiger partial charge in [0, 0.05) is 25.8 Å². The van der Waals surface area contributed by atoms with Gasteiger partial charge in [-0.3, -0.25) is 4.68 Å². The molecule has 2 fully saturated rings. The van der Waals surface area contributed by atoms with Gasteiger partial charge in [0.15, 0.2) is 0 Å². The Kier molecular flexibility index (Phi) is 5.87. The van der Waals surface area contributed by atoms with Gasteiger partial charge in [0.05, 0.1) is 11.7 Å². The van der Waals surface area contributed by atoms with Crippen LogP contribution < -0.4 is 5.32 Å². The van der Waals surface area contributed by atoms with E-state index in [0.29, 0.717) is 6.04 Å². The normalized spacial score (nSPS) is 25.4. The Morgan fingerprint density at radius 3 is 2.70 bits per heavy atom. The summed E-state index contributed by atoms with van der Waals surface area (Å²) in [4.78, 5) is 2.66. The van der Waals surface area contributed by atoms with Crippen molar-refractivity contribution in [2.75, 3.05) is 32.7 Å². The molecule has 2 aliphatic rings. The van der Waals surface area contributed by atoms with Crippen LogP contribution in [0, 0.1) is 12.8 Å². The molecule has 1 atom stereocenters. The summed E-state index contributed by atoms with van der Waals surface area (Å²) in [5.41, 5.74) is 1.13. The van der Waals surface area contributed by atoms with Crippen LogP contribution in [0.3, 0.4) is 0 Å². The highest BCUT2D eigenvalue weighted by Gasteiger charge is 2.23. The van der Waals surface area contributed by atoms with Crippen LogP contribution >= 0.6 is 12.4 Å². The van der Waals surface area contributed by atoms with Crippen molar-refractivity contribution < 1.29 is 0 Å². The summed E-state index contributed by atoms with van der Waals surface area (Å²) in [6.45, 7) is 8.27. The average molecular weight is 299 g/mol. The van der Waals surface area contributed by atoms with Gasteiger partial charge in [0.1, 0.15) is 0 Å². The van der Waals surface area contributed by atoms with E-state index in [1.165, 1.54) is 58.4 Å². The van der Waals surface area contributed by atoms with Crippen molar-refractivity contribution >= 4 is 12.4 Å². The van der Waals surface area contributed by atoms with Crippen molar-refractivity contribution in [3.05, 3.63) is 18.0 Å². The molecule has 0 aromatic carbocycles. The minimum absolute atomic E-state index is 0. The van der Waals surface area contributed by atoms with Crippen molar-refractivity contribution in [1.29, 1.82) is 0 Å². The first-order valence-electron chi connectivity index (χ1n) is 7.76. The summed E-state index contributed by atoms with van der Waals surface area (Å²) in [6, 6.07) is 2.73. The second-order valence-electron chi connectivity index (χ2n) is 6.18. The van der Waals surface area contributed by atoms with Crippen LogP contribution in [0.15, 0.2) is 12.3 Å². The maximum atomic E-state index is 4.56. The van der Waals surface area contributed by atoms with Gasteiger partial charge in [-0.05, 0) is 57.7 Å². The molecular weight excluding hydrogens is 272 g/mol. The summed E-state index contributed by atoms with van der Waals surface area (Å²) in [7, 11) is 0. The van der Waals surface area contributed by atoms with Crippen molar-refractivity contribution in [2.45, 2.75) is 38.6 Å². The molecule has 0 saturated carbocycles. The van der Waals surface area contributed by atoms with Gasteiger partial charge in [0.25, 0.3) is 0 Å². The van der Waals surface area contributed by atoms with Gasteiger partial charge in [-0.1, -0.05) is 0 Å². The second kappa shape index (κ2) is 7.43. The Balaban J connectivity index is 0.00000147. The molecule has 3 heterocycles. The fourth-order valence-electron chi connectivity index (χ4n) is 3.45. The Morgan fingerprint density at radius 1 is 1.30 bits per heavy atom. The second-order valence-corrected chi connectivity index (χ2v) is 6.18. The Labute approximate surface area is 128 Å². The summed E-state index contributed by atoms with van der Waals surface area (Å²) in [6.07, 6.45) is 7.40. The SMILES string of the molecule is Cc1ccn(C2CCN(CC3CCCNC3)CC2)n1.Cl. The maximum Gasteiger partial charge on any atom is 0.0593 e. The first-order valence-corrected chi connectivity index (χ1v) is 7.76. The van der Waals surface area contributed by atoms with Crippen LogP contribution in [0.25, 0.3) is 0 Å². The Bertz CT molecular complexity index is 392. The first kappa shape index (κ1) is 15.8. The lowest BCUT2D eigenvalue weighted by Gasteiger charge is -2.35.